The van der Waals surface area contributed by atoms with Crippen LogP contribution in [0.2, 0.25) is 0 Å². The number of hydrogen-bond acceptors (Lipinski definition) is 2. The summed E-state index contributed by atoms with van der Waals surface area (Å²) in [4.78, 5) is 11.8. The summed E-state index contributed by atoms with van der Waals surface area (Å²) in [5, 5.41) is 3.12. The van der Waals surface area contributed by atoms with E-state index in [1.165, 1.54) is 5.56 Å². The largest absolute Gasteiger partial charge is 0.493 e. The highest BCUT2D eigenvalue weighted by molar-refractivity contribution is 5.76. The van der Waals surface area contributed by atoms with Crippen LogP contribution in [0.1, 0.15) is 49.8 Å². The highest BCUT2D eigenvalue weighted by Crippen LogP contribution is 2.32. The first-order chi connectivity index (χ1) is 8.70. The molecular weight excluding hydrogens is 226 g/mol. The Labute approximate surface area is 109 Å². The number of aryl methyl sites for hydroxylation is 1. The van der Waals surface area contributed by atoms with Crippen LogP contribution in [0, 0.1) is 6.92 Å². The van der Waals surface area contributed by atoms with Gasteiger partial charge in [-0.1, -0.05) is 31.0 Å². The molecule has 0 saturated carbocycles. The van der Waals surface area contributed by atoms with Gasteiger partial charge < -0.3 is 10.1 Å². The Hall–Kier alpha value is -1.51. The number of unbranched alkanes of at least 4 members (excludes halogenated alkanes) is 1. The van der Waals surface area contributed by atoms with Crippen molar-refractivity contribution >= 4 is 5.91 Å². The summed E-state index contributed by atoms with van der Waals surface area (Å²) in [5.74, 6) is 1.06. The number of hydrogen-bond donors (Lipinski definition) is 1. The quantitative estimate of drug-likeness (QED) is 0.887. The summed E-state index contributed by atoms with van der Waals surface area (Å²) in [7, 11) is 0. The van der Waals surface area contributed by atoms with Crippen molar-refractivity contribution in [2.24, 2.45) is 0 Å². The van der Waals surface area contributed by atoms with E-state index in [9.17, 15) is 4.79 Å². The van der Waals surface area contributed by atoms with E-state index in [0.29, 0.717) is 13.0 Å². The maximum absolute atomic E-state index is 11.8. The van der Waals surface area contributed by atoms with E-state index < -0.39 is 0 Å². The molecule has 1 aliphatic heterocycles. The molecule has 1 atom stereocenters. The van der Waals surface area contributed by atoms with Crippen molar-refractivity contribution in [3.05, 3.63) is 29.3 Å². The van der Waals surface area contributed by atoms with E-state index in [0.717, 1.165) is 30.6 Å². The monoisotopic (exact) mass is 247 g/mol. The van der Waals surface area contributed by atoms with E-state index in [2.05, 4.69) is 25.2 Å². The van der Waals surface area contributed by atoms with Crippen molar-refractivity contribution in [3.8, 4) is 5.75 Å². The number of fused-ring (bicyclic) bond motifs is 1. The van der Waals surface area contributed by atoms with Gasteiger partial charge in [0.05, 0.1) is 12.6 Å². The van der Waals surface area contributed by atoms with Crippen LogP contribution >= 0.6 is 0 Å². The van der Waals surface area contributed by atoms with Crippen LogP contribution in [-0.2, 0) is 4.79 Å². The Kier molecular flexibility index (Phi) is 4.24. The first-order valence-electron chi connectivity index (χ1n) is 6.73. The van der Waals surface area contributed by atoms with Gasteiger partial charge in [-0.15, -0.1) is 0 Å². The van der Waals surface area contributed by atoms with E-state index in [1.54, 1.807) is 0 Å². The van der Waals surface area contributed by atoms with Crippen molar-refractivity contribution < 1.29 is 9.53 Å². The van der Waals surface area contributed by atoms with Gasteiger partial charge in [0.25, 0.3) is 0 Å². The number of ether oxygens (including phenoxy) is 1. The van der Waals surface area contributed by atoms with E-state index in [4.69, 9.17) is 4.74 Å². The predicted molar refractivity (Wildman–Crippen MR) is 71.7 cm³/mol. The molecule has 1 heterocycles. The lowest BCUT2D eigenvalue weighted by molar-refractivity contribution is -0.122. The summed E-state index contributed by atoms with van der Waals surface area (Å²) in [6.45, 7) is 4.83. The number of carbonyl (C=O) groups excluding carboxylic acids is 1. The molecule has 1 aromatic rings. The molecule has 0 spiro atoms. The molecule has 3 nitrogen and oxygen atoms in total. The lowest BCUT2D eigenvalue weighted by atomic mass is 9.98. The van der Waals surface area contributed by atoms with Crippen molar-refractivity contribution in [3.63, 3.8) is 0 Å². The van der Waals surface area contributed by atoms with Gasteiger partial charge in [-0.3, -0.25) is 4.79 Å². The minimum absolute atomic E-state index is 0.109. The molecule has 1 aromatic carbocycles. The molecule has 1 amide bonds. The van der Waals surface area contributed by atoms with Crippen molar-refractivity contribution in [1.82, 2.24) is 5.32 Å². The summed E-state index contributed by atoms with van der Waals surface area (Å²) in [6.07, 6.45) is 3.48. The zero-order valence-electron chi connectivity index (χ0n) is 11.2. The SMILES string of the molecule is CCCCC(=O)NC1CCOc2ccc(C)cc21. The second kappa shape index (κ2) is 5.89. The fourth-order valence-electron chi connectivity index (χ4n) is 2.27. The Bertz CT molecular complexity index is 429. The average Bonchev–Trinajstić information content (AvgIpc) is 2.37. The van der Waals surface area contributed by atoms with Gasteiger partial charge >= 0.3 is 0 Å². The number of rotatable bonds is 4. The Morgan fingerprint density at radius 1 is 1.50 bits per heavy atom. The first-order valence-corrected chi connectivity index (χ1v) is 6.73. The van der Waals surface area contributed by atoms with E-state index in [1.807, 2.05) is 12.1 Å². The Balaban J connectivity index is 2.07. The molecule has 18 heavy (non-hydrogen) atoms. The third kappa shape index (κ3) is 3.03. The lowest BCUT2D eigenvalue weighted by Gasteiger charge is -2.27. The molecule has 1 N–H and O–H groups in total. The van der Waals surface area contributed by atoms with Gasteiger partial charge in [0, 0.05) is 18.4 Å². The average molecular weight is 247 g/mol. The smallest absolute Gasteiger partial charge is 0.220 e. The lowest BCUT2D eigenvalue weighted by Crippen LogP contribution is -2.32. The number of benzene rings is 1. The normalized spacial score (nSPS) is 17.8. The summed E-state index contributed by atoms with van der Waals surface area (Å²) < 4.78 is 5.62. The van der Waals surface area contributed by atoms with Crippen LogP contribution in [0.15, 0.2) is 18.2 Å². The predicted octanol–water partition coefficient (Wildman–Crippen LogP) is 3.13. The van der Waals surface area contributed by atoms with Gasteiger partial charge in [0.2, 0.25) is 5.91 Å². The summed E-state index contributed by atoms with van der Waals surface area (Å²) in [5.41, 5.74) is 2.32. The molecule has 0 bridgehead atoms. The molecule has 0 aliphatic carbocycles. The van der Waals surface area contributed by atoms with Crippen LogP contribution < -0.4 is 10.1 Å². The zero-order chi connectivity index (χ0) is 13.0. The molecule has 1 unspecified atom stereocenters. The van der Waals surface area contributed by atoms with Gasteiger partial charge in [0.1, 0.15) is 5.75 Å². The van der Waals surface area contributed by atoms with Crippen molar-refractivity contribution in [2.75, 3.05) is 6.61 Å². The van der Waals surface area contributed by atoms with Crippen LogP contribution in [0.5, 0.6) is 5.75 Å². The topological polar surface area (TPSA) is 38.3 Å². The van der Waals surface area contributed by atoms with Crippen molar-refractivity contribution in [1.29, 1.82) is 0 Å². The summed E-state index contributed by atoms with van der Waals surface area (Å²) in [6, 6.07) is 6.26. The van der Waals surface area contributed by atoms with Crippen LogP contribution in [-0.4, -0.2) is 12.5 Å². The molecule has 98 valence electrons. The molecule has 1 aliphatic rings. The van der Waals surface area contributed by atoms with Gasteiger partial charge in [-0.05, 0) is 19.4 Å². The maximum atomic E-state index is 11.8. The van der Waals surface area contributed by atoms with Crippen LogP contribution in [0.3, 0.4) is 0 Å². The second-order valence-corrected chi connectivity index (χ2v) is 4.90. The molecule has 2 rings (SSSR count). The van der Waals surface area contributed by atoms with Gasteiger partial charge in [0.15, 0.2) is 0 Å². The molecule has 0 radical (unpaired) electrons. The zero-order valence-corrected chi connectivity index (χ0v) is 11.2. The minimum atomic E-state index is 0.109. The molecular formula is C15H21NO2. The third-order valence-corrected chi connectivity index (χ3v) is 3.30. The standard InChI is InChI=1S/C15H21NO2/c1-3-4-5-15(17)16-13-8-9-18-14-7-6-11(2)10-12(13)14/h6-7,10,13H,3-5,8-9H2,1-2H3,(H,16,17). The maximum Gasteiger partial charge on any atom is 0.220 e. The highest BCUT2D eigenvalue weighted by Gasteiger charge is 2.22. The first kappa shape index (κ1) is 12.9. The molecule has 3 heteroatoms. The molecule has 0 aromatic heterocycles. The molecule has 0 fully saturated rings. The Morgan fingerprint density at radius 2 is 2.33 bits per heavy atom. The minimum Gasteiger partial charge on any atom is -0.493 e. The fraction of sp³-hybridized carbons (Fsp3) is 0.533. The summed E-state index contributed by atoms with van der Waals surface area (Å²) >= 11 is 0. The van der Waals surface area contributed by atoms with Crippen LogP contribution in [0.4, 0.5) is 0 Å². The van der Waals surface area contributed by atoms with E-state index >= 15 is 0 Å². The third-order valence-electron chi connectivity index (χ3n) is 3.30. The van der Waals surface area contributed by atoms with Gasteiger partial charge in [-0.25, -0.2) is 0 Å². The highest BCUT2D eigenvalue weighted by atomic mass is 16.5. The number of amides is 1. The number of carbonyl (C=O) groups is 1. The van der Waals surface area contributed by atoms with Crippen molar-refractivity contribution in [2.45, 2.75) is 45.6 Å². The number of nitrogens with one attached hydrogen (secondary N) is 1. The Morgan fingerprint density at radius 3 is 3.11 bits per heavy atom. The fourth-order valence-corrected chi connectivity index (χ4v) is 2.27. The second-order valence-electron chi connectivity index (χ2n) is 4.90. The van der Waals surface area contributed by atoms with Crippen LogP contribution in [0.25, 0.3) is 0 Å². The van der Waals surface area contributed by atoms with E-state index in [-0.39, 0.29) is 11.9 Å². The molecule has 0 saturated heterocycles. The van der Waals surface area contributed by atoms with Gasteiger partial charge in [-0.2, -0.15) is 0 Å².